The second kappa shape index (κ2) is 0.988. The molecule has 7 nitrogen and oxygen atoms in total. The third-order valence-electron chi connectivity index (χ3n) is 0. The van der Waals surface area contributed by atoms with E-state index in [0.717, 1.165) is 0 Å². The van der Waals surface area contributed by atoms with Gasteiger partial charge in [-0.15, -0.1) is 12.4 Å². The van der Waals surface area contributed by atoms with E-state index in [1.165, 1.54) is 0 Å². The van der Waals surface area contributed by atoms with Crippen molar-refractivity contribution < 1.29 is 40.6 Å². The van der Waals surface area contributed by atoms with Gasteiger partial charge in [0.15, 0.2) is 0 Å². The Balaban J connectivity index is 0. The Kier molecular flexibility index (Phi) is 1.32. The molecule has 0 aromatic carbocycles. The molecule has 0 aliphatic carbocycles. The molecular weight excluding hydrogens is 206 g/mol. The van der Waals surface area contributed by atoms with Crippen molar-refractivity contribution in [1.29, 1.82) is 0 Å². The Morgan fingerprint density at radius 2 is 0.778 bits per heavy atom. The van der Waals surface area contributed by atoms with Gasteiger partial charge in [0.25, 0.3) is 0 Å². The molecule has 0 saturated carbocycles. The first-order valence-corrected chi connectivity index (χ1v) is 4.03. The molecule has 0 aromatic rings. The van der Waals surface area contributed by atoms with E-state index in [2.05, 4.69) is 0 Å². The van der Waals surface area contributed by atoms with Crippen molar-refractivity contribution in [3.05, 3.63) is 0 Å². The fraction of sp³-hybridized carbons (Fsp3) is 0. The van der Waals surface area contributed by atoms with Crippen molar-refractivity contribution in [1.82, 2.24) is 0 Å². The summed E-state index contributed by atoms with van der Waals surface area (Å²) in [6.07, 6.45) is 0. The zero-order chi connectivity index (χ0) is 7.38. The predicted octanol–water partition coefficient (Wildman–Crippen LogP) is -3.04. The van der Waals surface area contributed by atoms with E-state index >= 15 is 0 Å². The van der Waals surface area contributed by atoms with Crippen LogP contribution in [0.2, 0.25) is 0 Å². The summed E-state index contributed by atoms with van der Waals surface area (Å²) in [7, 11) is 0. The first kappa shape index (κ1) is 12.1. The average molecular weight is 213 g/mol. The number of hydrogen-bond acceptors (Lipinski definition) is 1. The van der Waals surface area contributed by atoms with Gasteiger partial charge < -0.3 is 0 Å². The summed E-state index contributed by atoms with van der Waals surface area (Å²) in [4.78, 5) is 0. The maximum absolute atomic E-state index is 9.38. The molecule has 0 unspecified atom stereocenters. The van der Waals surface area contributed by atoms with Crippen LogP contribution in [-0.2, 0) is 15.1 Å². The van der Waals surface area contributed by atoms with E-state index in [1.807, 2.05) is 0 Å². The zero-order valence-corrected chi connectivity index (χ0v) is 5.62. The van der Waals surface area contributed by atoms with Gasteiger partial charge in [0.2, 0.25) is 0 Å². The van der Waals surface area contributed by atoms with Gasteiger partial charge in [-0.1, -0.05) is 0 Å². The van der Waals surface area contributed by atoms with Crippen LogP contribution >= 0.6 is 12.4 Å². The fourth-order valence-corrected chi connectivity index (χ4v) is 0. The Labute approximate surface area is 53.7 Å². The van der Waals surface area contributed by atoms with Crippen LogP contribution in [0.4, 0.5) is 0 Å². The summed E-state index contributed by atoms with van der Waals surface area (Å²) in [6, 6.07) is 0. The van der Waals surface area contributed by atoms with Gasteiger partial charge in [0, 0.05) is 0 Å². The van der Waals surface area contributed by atoms with Crippen LogP contribution in [0.1, 0.15) is 0 Å². The Hall–Kier alpha value is 0.344. The quantitative estimate of drug-likeness (QED) is 0.235. The SMILES string of the molecule is Cl.[O]=[Ni]([OH])([OH])([OH])([OH])([OH])[OH]. The van der Waals surface area contributed by atoms with Gasteiger partial charge >= 0.3 is 40.6 Å². The van der Waals surface area contributed by atoms with Crippen molar-refractivity contribution in [3.8, 4) is 0 Å². The summed E-state index contributed by atoms with van der Waals surface area (Å²) < 4.78 is 52.9. The number of hydrogen-bond donors (Lipinski definition) is 6. The van der Waals surface area contributed by atoms with Gasteiger partial charge in [-0.3, -0.25) is 0 Å². The van der Waals surface area contributed by atoms with Crippen LogP contribution in [0.15, 0.2) is 0 Å². The van der Waals surface area contributed by atoms with Crippen molar-refractivity contribution in [3.63, 3.8) is 0 Å². The predicted molar refractivity (Wildman–Crippen MR) is 21.2 cm³/mol. The summed E-state index contributed by atoms with van der Waals surface area (Å²) in [5, 5.41) is 0. The summed E-state index contributed by atoms with van der Waals surface area (Å²) in [5.74, 6) is 0. The third kappa shape index (κ3) is 2850. The van der Waals surface area contributed by atoms with E-state index in [9.17, 15) is 3.90 Å². The molecule has 0 aliphatic heterocycles. The molecule has 0 fully saturated rings. The van der Waals surface area contributed by atoms with Crippen LogP contribution in [-0.4, -0.2) is 25.5 Å². The van der Waals surface area contributed by atoms with Crippen LogP contribution in [0, 0.1) is 0 Å². The second-order valence-electron chi connectivity index (χ2n) is 1.30. The molecule has 0 rings (SSSR count). The molecule has 0 radical (unpaired) electrons. The zero-order valence-electron chi connectivity index (χ0n) is 3.82. The molecule has 6 N–H and O–H groups in total. The summed E-state index contributed by atoms with van der Waals surface area (Å²) in [5.41, 5.74) is 0. The van der Waals surface area contributed by atoms with E-state index in [1.54, 1.807) is 0 Å². The Bertz CT molecular complexity index is 176. The topological polar surface area (TPSA) is 138 Å². The monoisotopic (exact) mass is 212 g/mol. The van der Waals surface area contributed by atoms with Crippen molar-refractivity contribution in [2.45, 2.75) is 0 Å². The molecule has 0 aromatic heterocycles. The second-order valence-corrected chi connectivity index (χ2v) is 5.34. The minimum absolute atomic E-state index is 0. The normalized spacial score (nSPS) is 24.0. The van der Waals surface area contributed by atoms with Crippen molar-refractivity contribution >= 4 is 12.4 Å². The standard InChI is InChI=1S/ClH.Ni.6H2O.O/h1H;;6*1H2;/q;+6;;;;;;;/p-6. The molecule has 9 heteroatoms. The van der Waals surface area contributed by atoms with E-state index in [4.69, 9.17) is 25.5 Å². The molecule has 0 spiro atoms. The molecule has 0 saturated heterocycles. The Morgan fingerprint density at radius 3 is 0.778 bits per heavy atom. The number of halogens is 1. The summed E-state index contributed by atoms with van der Waals surface area (Å²) >= 11 is -9.38. The molecule has 9 heavy (non-hydrogen) atoms. The molecule has 0 heterocycles. The van der Waals surface area contributed by atoms with Gasteiger partial charge in [0.1, 0.15) is 0 Å². The van der Waals surface area contributed by atoms with Crippen LogP contribution in [0.25, 0.3) is 0 Å². The van der Waals surface area contributed by atoms with Gasteiger partial charge in [0.05, 0.1) is 0 Å². The van der Waals surface area contributed by atoms with Gasteiger partial charge in [-0.2, -0.15) is 0 Å². The maximum atomic E-state index is 9.29. The molecule has 0 bridgehead atoms. The molecule has 66 valence electrons. The molecule has 0 atom stereocenters. The molecular formula is H7ClNiO7. The van der Waals surface area contributed by atoms with Gasteiger partial charge in [-0.25, -0.2) is 0 Å². The first-order chi connectivity index (χ1) is 2.65. The van der Waals surface area contributed by atoms with Crippen molar-refractivity contribution in [2.24, 2.45) is 0 Å². The fourth-order valence-electron chi connectivity index (χ4n) is 0. The van der Waals surface area contributed by atoms with Gasteiger partial charge in [-0.05, 0) is 0 Å². The van der Waals surface area contributed by atoms with E-state index < -0.39 is 11.2 Å². The molecule has 0 aliphatic rings. The first-order valence-electron chi connectivity index (χ1n) is 0.978. The number of rotatable bonds is 0. The molecule has 0 amide bonds. The van der Waals surface area contributed by atoms with E-state index in [0.29, 0.717) is 0 Å². The van der Waals surface area contributed by atoms with E-state index in [-0.39, 0.29) is 12.4 Å². The van der Waals surface area contributed by atoms with Crippen LogP contribution in [0.3, 0.4) is 0 Å². The third-order valence-corrected chi connectivity index (χ3v) is 0. The van der Waals surface area contributed by atoms with Crippen molar-refractivity contribution in [2.75, 3.05) is 0 Å². The summed E-state index contributed by atoms with van der Waals surface area (Å²) in [6.45, 7) is 0. The van der Waals surface area contributed by atoms with Crippen LogP contribution < -0.4 is 0 Å². The Morgan fingerprint density at radius 1 is 0.778 bits per heavy atom. The van der Waals surface area contributed by atoms with Crippen LogP contribution in [0.5, 0.6) is 0 Å². The minimum atomic E-state index is -9.38. The average Bonchev–Trinajstić information content (AvgIpc) is 0.544.